The van der Waals surface area contributed by atoms with Crippen molar-refractivity contribution in [2.24, 2.45) is 0 Å². The van der Waals surface area contributed by atoms with E-state index in [4.69, 9.17) is 0 Å². The molecule has 0 radical (unpaired) electrons. The Bertz CT molecular complexity index is 311. The molecule has 0 rings (SSSR count). The first kappa shape index (κ1) is 18.3. The minimum absolute atomic E-state index is 0. The van der Waals surface area contributed by atoms with Gasteiger partial charge in [0.1, 0.15) is 6.79 Å². The zero-order chi connectivity index (χ0) is 13.9. The maximum absolute atomic E-state index is 12.3. The molecule has 0 spiro atoms. The number of hydrogen-bond acceptors (Lipinski definition) is 4. The smallest absolute Gasteiger partial charge is 0.332 e. The fourth-order valence-corrected chi connectivity index (χ4v) is 0.537. The van der Waals surface area contributed by atoms with Crippen molar-refractivity contribution < 1.29 is 36.6 Å². The Balaban J connectivity index is 0. The molecule has 0 aliphatic heterocycles. The average molecular weight is 526 g/mol. The molecule has 0 aliphatic carbocycles. The molecule has 0 aliphatic rings. The first-order valence-corrected chi connectivity index (χ1v) is 4.40. The van der Waals surface area contributed by atoms with Crippen molar-refractivity contribution in [3.63, 3.8) is 0 Å². The second-order valence-corrected chi connectivity index (χ2v) is 3.76. The van der Waals surface area contributed by atoms with E-state index in [1.54, 1.807) is 0 Å². The van der Waals surface area contributed by atoms with Crippen molar-refractivity contribution in [2.75, 3.05) is 6.79 Å². The van der Waals surface area contributed by atoms with Crippen LogP contribution in [0, 0.1) is 6.43 Å². The van der Waals surface area contributed by atoms with Crippen molar-refractivity contribution >= 4 is 12.1 Å². The molecule has 0 heterocycles. The summed E-state index contributed by atoms with van der Waals surface area (Å²) < 4.78 is 57.8. The van der Waals surface area contributed by atoms with Crippen LogP contribution in [0.1, 0.15) is 20.8 Å². The maximum Gasteiger partial charge on any atom is 0.332 e. The van der Waals surface area contributed by atoms with Crippen molar-refractivity contribution in [3.05, 3.63) is 6.43 Å². The molecule has 0 aromatic heterocycles. The second kappa shape index (κ2) is 6.06. The largest absolute Gasteiger partial charge is 0.418 e. The van der Waals surface area contributed by atoms with Gasteiger partial charge in [0.25, 0.3) is 0 Å². The third kappa shape index (κ3) is 4.10. The van der Waals surface area contributed by atoms with E-state index in [0.717, 1.165) is 13.8 Å². The Hall–Kier alpha value is -2.02. The van der Waals surface area contributed by atoms with Gasteiger partial charge in [-0.1, -0.05) is 0 Å². The van der Waals surface area contributed by atoms with Gasteiger partial charge in [-0.05, 0) is 20.8 Å². The number of carbonyl (C=O) groups excluding carboxylic acids is 2. The number of ether oxygens (including phenoxy) is 2. The molecule has 0 saturated heterocycles. The van der Waals surface area contributed by atoms with Gasteiger partial charge < -0.3 is 18.3 Å². The van der Waals surface area contributed by atoms with Crippen LogP contribution in [0.5, 0.6) is 0 Å². The normalized spacial score (nSPS) is 14.9. The maximum atomic E-state index is 12.3. The van der Waals surface area contributed by atoms with Crippen molar-refractivity contribution in [1.82, 2.24) is 0 Å². The summed E-state index contributed by atoms with van der Waals surface area (Å²) in [6, 6.07) is -4.29. The first-order chi connectivity index (χ1) is 7.54. The van der Waals surface area contributed by atoms with E-state index in [2.05, 4.69) is 9.47 Å². The minimum atomic E-state index is -3.07. The Morgan fingerprint density at radius 2 is 1.50 bits per heavy atom. The van der Waals surface area contributed by atoms with Gasteiger partial charge in [0, 0.05) is 6.43 Å². The van der Waals surface area contributed by atoms with E-state index in [-0.39, 0.29) is 0 Å². The summed E-state index contributed by atoms with van der Waals surface area (Å²) in [6.45, 7) is 1.47. The van der Waals surface area contributed by atoms with E-state index in [1.165, 1.54) is 0 Å². The van der Waals surface area contributed by atoms with Gasteiger partial charge in [0.15, 0.2) is 5.60 Å². The summed E-state index contributed by atoms with van der Waals surface area (Å²) in [5.74, 6) is 0. The molecule has 0 saturated carbocycles. The minimum Gasteiger partial charge on any atom is -0.418 e. The Labute approximate surface area is 94.9 Å². The average Bonchev–Trinajstić information content (AvgIpc) is 2.16. The van der Waals surface area contributed by atoms with Crippen LogP contribution >= 0.6 is 0 Å². The monoisotopic (exact) mass is 526 g/mol. The third-order valence-corrected chi connectivity index (χ3v) is 1.98. The molecular formula is C9H11F4O4Rf-. The number of carbonyl (C=O) groups is 2. The van der Waals surface area contributed by atoms with E-state index >= 15 is 0 Å². The molecule has 0 N–H and O–H groups in total. The van der Waals surface area contributed by atoms with E-state index in [1.807, 2.05) is 0 Å². The SMILES string of the molecule is CC(C)(OCOC(C)(C(=O)F)[C-](F)F)C(=O)F.[Rf]. The Morgan fingerprint density at radius 1 is 1.06 bits per heavy atom. The molecule has 0 fully saturated rings. The Kier molecular flexibility index (Phi) is 6.18. The molecule has 0 aromatic rings. The summed E-state index contributed by atoms with van der Waals surface area (Å²) in [4.78, 5) is 20.7. The molecule has 0 bridgehead atoms. The van der Waals surface area contributed by atoms with Crippen LogP contribution in [0.15, 0.2) is 0 Å². The molecule has 102 valence electrons. The Morgan fingerprint density at radius 3 is 1.78 bits per heavy atom. The van der Waals surface area contributed by atoms with Crippen molar-refractivity contribution in [3.8, 4) is 0 Å². The van der Waals surface area contributed by atoms with Crippen LogP contribution < -0.4 is 0 Å². The third-order valence-electron chi connectivity index (χ3n) is 1.98. The summed E-state index contributed by atoms with van der Waals surface area (Å²) in [5.41, 5.74) is -5.00. The van der Waals surface area contributed by atoms with Gasteiger partial charge >= 0.3 is 12.1 Å². The topological polar surface area (TPSA) is 52.6 Å². The van der Waals surface area contributed by atoms with Crippen molar-refractivity contribution in [1.29, 1.82) is 0 Å². The van der Waals surface area contributed by atoms with Gasteiger partial charge in [-0.25, -0.2) is 0 Å². The fourth-order valence-electron chi connectivity index (χ4n) is 0.537. The molecule has 4 nitrogen and oxygen atoms in total. The predicted octanol–water partition coefficient (Wildman–Crippen LogP) is 1.94. The number of rotatable bonds is 7. The second-order valence-electron chi connectivity index (χ2n) is 3.76. The molecule has 0 aromatic carbocycles. The molecule has 0 amide bonds. The van der Waals surface area contributed by atoms with Crippen LogP contribution in [0.3, 0.4) is 0 Å². The van der Waals surface area contributed by atoms with Gasteiger partial charge in [0.2, 0.25) is 0 Å². The molecule has 18 heavy (non-hydrogen) atoms. The summed E-state index contributed by atoms with van der Waals surface area (Å²) in [6.07, 6.45) is -2.61. The van der Waals surface area contributed by atoms with Crippen LogP contribution in [0.2, 0.25) is 0 Å². The number of halogens is 4. The molecule has 1 atom stereocenters. The predicted molar refractivity (Wildman–Crippen MR) is 47.2 cm³/mol. The fraction of sp³-hybridized carbons (Fsp3) is 0.667. The number of hydrogen-bond donors (Lipinski definition) is 0. The zero-order valence-electron chi connectivity index (χ0n) is 10.1. The molecule has 9 heteroatoms. The van der Waals surface area contributed by atoms with Gasteiger partial charge in [0.05, 0.1) is 5.60 Å². The zero-order valence-corrected chi connectivity index (χ0v) is 16.5. The standard InChI is InChI=1S/C9H11F4O4.Rf/c1-8(2,6(12)14)16-4-17-9(3,5(10)11)7(13)15;/h4H2,1-3H3;/q-1;. The first-order valence-electron chi connectivity index (χ1n) is 4.40. The van der Waals surface area contributed by atoms with Crippen molar-refractivity contribution in [2.45, 2.75) is 32.0 Å². The quantitative estimate of drug-likeness (QED) is 0.221. The van der Waals surface area contributed by atoms with E-state index in [0.29, 0.717) is 6.92 Å². The van der Waals surface area contributed by atoms with Gasteiger partial charge in [-0.3, -0.25) is 9.59 Å². The molecule has 1 unspecified atom stereocenters. The molecular weight excluding hydrogens is 515 g/mol. The van der Waals surface area contributed by atoms with Crippen LogP contribution in [0.25, 0.3) is 0 Å². The van der Waals surface area contributed by atoms with Crippen LogP contribution in [-0.2, 0) is 19.1 Å². The van der Waals surface area contributed by atoms with Crippen LogP contribution in [-0.4, -0.2) is 30.1 Å². The summed E-state index contributed by atoms with van der Waals surface area (Å²) in [7, 11) is 0. The van der Waals surface area contributed by atoms with Crippen LogP contribution in [0.4, 0.5) is 17.6 Å². The summed E-state index contributed by atoms with van der Waals surface area (Å²) in [5, 5.41) is 0. The summed E-state index contributed by atoms with van der Waals surface area (Å²) >= 11 is 0. The van der Waals surface area contributed by atoms with E-state index < -0.39 is 36.5 Å². The van der Waals surface area contributed by atoms with E-state index in [9.17, 15) is 27.2 Å². The van der Waals surface area contributed by atoms with Gasteiger partial charge in [-0.15, -0.1) is 0 Å². The van der Waals surface area contributed by atoms with Gasteiger partial charge in [-0.2, -0.15) is 8.78 Å².